The third-order valence-electron chi connectivity index (χ3n) is 5.93. The molecule has 0 spiro atoms. The molecule has 2 fully saturated rings. The van der Waals surface area contributed by atoms with E-state index < -0.39 is 10.0 Å². The zero-order valence-corrected chi connectivity index (χ0v) is 19.1. The summed E-state index contributed by atoms with van der Waals surface area (Å²) in [4.78, 5) is 41.7. The van der Waals surface area contributed by atoms with E-state index in [0.717, 1.165) is 0 Å². The smallest absolute Gasteiger partial charge is 0.319 e. The standard InChI is InChI=1S/C21H30N4O5S/c1-16(26)18-5-4-6-19(15-18)31(29,30)25-13-11-23(12-14-25)20(27)17-7-9-24(10-8-17)21(28)22(2)3/h4-6,15,17H,7-14H2,1-3H3. The zero-order valence-electron chi connectivity index (χ0n) is 18.3. The van der Waals surface area contributed by atoms with Gasteiger partial charge in [0.1, 0.15) is 0 Å². The van der Waals surface area contributed by atoms with Crippen LogP contribution in [-0.4, -0.2) is 98.5 Å². The van der Waals surface area contributed by atoms with Gasteiger partial charge >= 0.3 is 6.03 Å². The van der Waals surface area contributed by atoms with Crippen molar-refractivity contribution < 1.29 is 22.8 Å². The molecule has 3 rings (SSSR count). The third-order valence-corrected chi connectivity index (χ3v) is 7.82. The van der Waals surface area contributed by atoms with E-state index >= 15 is 0 Å². The van der Waals surface area contributed by atoms with Gasteiger partial charge in [0.2, 0.25) is 15.9 Å². The first-order valence-corrected chi connectivity index (χ1v) is 11.9. The number of piperidine rings is 1. The van der Waals surface area contributed by atoms with Gasteiger partial charge < -0.3 is 14.7 Å². The summed E-state index contributed by atoms with van der Waals surface area (Å²) in [6.45, 7) is 3.61. The van der Waals surface area contributed by atoms with Gasteiger partial charge in [0.25, 0.3) is 0 Å². The fourth-order valence-electron chi connectivity index (χ4n) is 4.03. The molecule has 0 aromatic heterocycles. The summed E-state index contributed by atoms with van der Waals surface area (Å²) < 4.78 is 27.3. The number of Topliss-reactive ketones (excluding diaryl/α,β-unsaturated/α-hetero) is 1. The number of carbonyl (C=O) groups is 3. The largest absolute Gasteiger partial charge is 0.340 e. The second-order valence-corrected chi connectivity index (χ2v) is 10.2. The Morgan fingerprint density at radius 2 is 1.55 bits per heavy atom. The van der Waals surface area contributed by atoms with Gasteiger partial charge in [-0.2, -0.15) is 4.31 Å². The van der Waals surface area contributed by atoms with Crippen molar-refractivity contribution >= 4 is 27.7 Å². The number of carbonyl (C=O) groups excluding carboxylic acids is 3. The molecule has 0 unspecified atom stereocenters. The van der Waals surface area contributed by atoms with Crippen LogP contribution in [0.15, 0.2) is 29.2 Å². The number of nitrogens with zero attached hydrogens (tertiary/aromatic N) is 4. The number of sulfonamides is 1. The SMILES string of the molecule is CC(=O)c1cccc(S(=O)(=O)N2CCN(C(=O)C3CCN(C(=O)N(C)C)CC3)CC2)c1. The average Bonchev–Trinajstić information content (AvgIpc) is 2.78. The van der Waals surface area contributed by atoms with E-state index in [0.29, 0.717) is 44.6 Å². The Kier molecular flexibility index (Phi) is 7.00. The number of rotatable bonds is 4. The summed E-state index contributed by atoms with van der Waals surface area (Å²) >= 11 is 0. The second kappa shape index (κ2) is 9.35. The first-order valence-electron chi connectivity index (χ1n) is 10.5. The quantitative estimate of drug-likeness (QED) is 0.640. The van der Waals surface area contributed by atoms with Crippen LogP contribution in [0.4, 0.5) is 4.79 Å². The number of piperazine rings is 1. The molecule has 0 radical (unpaired) electrons. The Morgan fingerprint density at radius 3 is 2.10 bits per heavy atom. The monoisotopic (exact) mass is 450 g/mol. The molecule has 0 saturated carbocycles. The Balaban J connectivity index is 1.57. The van der Waals surface area contributed by atoms with Crippen LogP contribution in [0.25, 0.3) is 0 Å². The topological polar surface area (TPSA) is 98.3 Å². The highest BCUT2D eigenvalue weighted by atomic mass is 32.2. The van der Waals surface area contributed by atoms with Crippen molar-refractivity contribution in [2.75, 3.05) is 53.4 Å². The summed E-state index contributed by atoms with van der Waals surface area (Å²) in [5.74, 6) is -0.292. The van der Waals surface area contributed by atoms with Gasteiger partial charge in [0.05, 0.1) is 4.90 Å². The van der Waals surface area contributed by atoms with Crippen molar-refractivity contribution in [1.29, 1.82) is 0 Å². The summed E-state index contributed by atoms with van der Waals surface area (Å²) in [6, 6.07) is 6.00. The molecule has 9 nitrogen and oxygen atoms in total. The number of urea groups is 1. The van der Waals surface area contributed by atoms with Crippen molar-refractivity contribution in [3.8, 4) is 0 Å². The molecule has 31 heavy (non-hydrogen) atoms. The number of ketones is 1. The normalized spacial score (nSPS) is 18.7. The predicted molar refractivity (Wildman–Crippen MR) is 115 cm³/mol. The Labute approximate surface area is 183 Å². The van der Waals surface area contributed by atoms with Crippen LogP contribution < -0.4 is 0 Å². The van der Waals surface area contributed by atoms with Gasteiger partial charge in [-0.15, -0.1) is 0 Å². The third kappa shape index (κ3) is 5.07. The molecule has 0 aliphatic carbocycles. The van der Waals surface area contributed by atoms with Crippen molar-refractivity contribution in [3.05, 3.63) is 29.8 Å². The van der Waals surface area contributed by atoms with E-state index in [4.69, 9.17) is 0 Å². The van der Waals surface area contributed by atoms with Gasteiger partial charge in [-0.05, 0) is 31.9 Å². The molecular formula is C21H30N4O5S. The van der Waals surface area contributed by atoms with E-state index in [9.17, 15) is 22.8 Å². The van der Waals surface area contributed by atoms with E-state index in [1.54, 1.807) is 36.0 Å². The van der Waals surface area contributed by atoms with Crippen LogP contribution in [0.5, 0.6) is 0 Å². The maximum absolute atomic E-state index is 13.0. The predicted octanol–water partition coefficient (Wildman–Crippen LogP) is 1.12. The highest BCUT2D eigenvalue weighted by molar-refractivity contribution is 7.89. The van der Waals surface area contributed by atoms with Gasteiger partial charge in [-0.25, -0.2) is 13.2 Å². The lowest BCUT2D eigenvalue weighted by Crippen LogP contribution is -2.53. The fraction of sp³-hybridized carbons (Fsp3) is 0.571. The summed E-state index contributed by atoms with van der Waals surface area (Å²) in [7, 11) is -0.299. The molecule has 2 aliphatic rings. The van der Waals surface area contributed by atoms with Crippen LogP contribution in [0.1, 0.15) is 30.1 Å². The minimum Gasteiger partial charge on any atom is -0.340 e. The van der Waals surface area contributed by atoms with Crippen LogP contribution >= 0.6 is 0 Å². The van der Waals surface area contributed by atoms with Crippen LogP contribution in [-0.2, 0) is 14.8 Å². The lowest BCUT2D eigenvalue weighted by atomic mass is 9.95. The Hall–Kier alpha value is -2.46. The van der Waals surface area contributed by atoms with Crippen molar-refractivity contribution in [1.82, 2.24) is 19.0 Å². The molecule has 2 saturated heterocycles. The van der Waals surface area contributed by atoms with Crippen LogP contribution in [0.3, 0.4) is 0 Å². The maximum atomic E-state index is 13.0. The molecule has 10 heteroatoms. The van der Waals surface area contributed by atoms with Crippen LogP contribution in [0, 0.1) is 5.92 Å². The Bertz CT molecular complexity index is 946. The molecule has 0 atom stereocenters. The number of benzene rings is 1. The Morgan fingerprint density at radius 1 is 0.935 bits per heavy atom. The van der Waals surface area contributed by atoms with Gasteiger partial charge in [-0.3, -0.25) is 9.59 Å². The van der Waals surface area contributed by atoms with E-state index in [1.807, 2.05) is 0 Å². The molecule has 0 bridgehead atoms. The molecule has 3 amide bonds. The molecule has 2 aliphatic heterocycles. The van der Waals surface area contributed by atoms with E-state index in [-0.39, 0.29) is 41.6 Å². The minimum absolute atomic E-state index is 0.0348. The lowest BCUT2D eigenvalue weighted by molar-refractivity contribution is -0.138. The molecule has 2 heterocycles. The number of likely N-dealkylation sites (tertiary alicyclic amines) is 1. The summed E-state index contributed by atoms with van der Waals surface area (Å²) in [5, 5.41) is 0. The number of hydrogen-bond acceptors (Lipinski definition) is 5. The van der Waals surface area contributed by atoms with Crippen molar-refractivity contribution in [2.45, 2.75) is 24.7 Å². The zero-order chi connectivity index (χ0) is 22.8. The van der Waals surface area contributed by atoms with Crippen LogP contribution in [0.2, 0.25) is 0 Å². The van der Waals surface area contributed by atoms with E-state index in [2.05, 4.69) is 0 Å². The molecule has 170 valence electrons. The number of amides is 3. The summed E-state index contributed by atoms with van der Waals surface area (Å²) in [5.41, 5.74) is 0.356. The summed E-state index contributed by atoms with van der Waals surface area (Å²) in [6.07, 6.45) is 1.24. The second-order valence-electron chi connectivity index (χ2n) is 8.25. The lowest BCUT2D eigenvalue weighted by Gasteiger charge is -2.38. The average molecular weight is 451 g/mol. The van der Waals surface area contributed by atoms with Gasteiger partial charge in [0.15, 0.2) is 5.78 Å². The maximum Gasteiger partial charge on any atom is 0.319 e. The first-order chi connectivity index (χ1) is 14.6. The van der Waals surface area contributed by atoms with Crippen molar-refractivity contribution in [3.63, 3.8) is 0 Å². The number of hydrogen-bond donors (Lipinski definition) is 0. The fourth-order valence-corrected chi connectivity index (χ4v) is 5.50. The molecule has 1 aromatic rings. The first kappa shape index (κ1) is 23.2. The molecule has 0 N–H and O–H groups in total. The molecule has 1 aromatic carbocycles. The minimum atomic E-state index is -3.72. The van der Waals surface area contributed by atoms with E-state index in [1.165, 1.54) is 28.3 Å². The van der Waals surface area contributed by atoms with Gasteiger partial charge in [-0.1, -0.05) is 12.1 Å². The van der Waals surface area contributed by atoms with Crippen molar-refractivity contribution in [2.24, 2.45) is 5.92 Å². The van der Waals surface area contributed by atoms with Gasteiger partial charge in [0, 0.05) is 64.8 Å². The molecular weight excluding hydrogens is 420 g/mol. The highest BCUT2D eigenvalue weighted by Gasteiger charge is 2.34. The highest BCUT2D eigenvalue weighted by Crippen LogP contribution is 2.23.